The van der Waals surface area contributed by atoms with Crippen LogP contribution in [0.1, 0.15) is 37.6 Å². The summed E-state index contributed by atoms with van der Waals surface area (Å²) in [5.41, 5.74) is 0.588. The number of hydrazone groups is 1. The molecule has 7 nitrogen and oxygen atoms in total. The summed E-state index contributed by atoms with van der Waals surface area (Å²) in [6, 6.07) is 0. The highest BCUT2D eigenvalue weighted by Gasteiger charge is 2.29. The van der Waals surface area contributed by atoms with E-state index in [2.05, 4.69) is 15.0 Å². The van der Waals surface area contributed by atoms with Crippen molar-refractivity contribution in [3.8, 4) is 0 Å². The van der Waals surface area contributed by atoms with Crippen molar-refractivity contribution in [3.63, 3.8) is 0 Å². The number of morpholine rings is 1. The van der Waals surface area contributed by atoms with Crippen molar-refractivity contribution >= 4 is 17.2 Å². The maximum atomic E-state index is 10.1. The van der Waals surface area contributed by atoms with Crippen LogP contribution in [0.4, 0.5) is 0 Å². The van der Waals surface area contributed by atoms with Gasteiger partial charge in [-0.15, -0.1) is 16.4 Å². The van der Waals surface area contributed by atoms with Crippen molar-refractivity contribution < 1.29 is 9.84 Å². The van der Waals surface area contributed by atoms with E-state index in [-0.39, 0.29) is 6.10 Å². The van der Waals surface area contributed by atoms with Gasteiger partial charge in [0.05, 0.1) is 24.5 Å². The number of nitrogens with zero attached hydrogens (tertiary/aromatic N) is 4. The normalized spacial score (nSPS) is 23.8. The number of amidine groups is 1. The van der Waals surface area contributed by atoms with Crippen LogP contribution in [0.25, 0.3) is 0 Å². The third-order valence-corrected chi connectivity index (χ3v) is 4.93. The quantitative estimate of drug-likeness (QED) is 0.791. The summed E-state index contributed by atoms with van der Waals surface area (Å²) in [6.07, 6.45) is 5.69. The molecule has 1 aromatic heterocycles. The number of allylic oxidation sites excluding steroid dienone is 2. The molecule has 0 saturated carbocycles. The molecule has 8 heteroatoms. The molecule has 3 heterocycles. The van der Waals surface area contributed by atoms with Crippen LogP contribution >= 0.6 is 11.3 Å². The maximum absolute atomic E-state index is 10.1. The number of aromatic nitrogens is 1. The van der Waals surface area contributed by atoms with Crippen molar-refractivity contribution in [3.05, 3.63) is 40.0 Å². The molecule has 1 fully saturated rings. The summed E-state index contributed by atoms with van der Waals surface area (Å²) in [5.74, 6) is 6.73. The van der Waals surface area contributed by atoms with Gasteiger partial charge in [0, 0.05) is 11.9 Å². The molecule has 0 bridgehead atoms. The molecule has 2 aliphatic heterocycles. The van der Waals surface area contributed by atoms with E-state index in [1.807, 2.05) is 30.5 Å². The van der Waals surface area contributed by atoms with Gasteiger partial charge in [-0.1, -0.05) is 6.08 Å². The fourth-order valence-corrected chi connectivity index (χ4v) is 3.58. The Morgan fingerprint density at radius 3 is 2.88 bits per heavy atom. The first-order chi connectivity index (χ1) is 11.4. The van der Waals surface area contributed by atoms with Crippen molar-refractivity contribution in [2.24, 2.45) is 10.9 Å². The molecule has 3 rings (SSSR count). The zero-order chi connectivity index (χ0) is 17.3. The Kier molecular flexibility index (Phi) is 4.73. The molecule has 130 valence electrons. The number of thiazole rings is 1. The largest absolute Gasteiger partial charge is 0.384 e. The SMILES string of the molecule is C/C=C1\C=CC(N2CCOC(c3nc(C(C)(C)O)cs3)C2)=NN1N. The van der Waals surface area contributed by atoms with E-state index in [4.69, 9.17) is 10.6 Å². The minimum absolute atomic E-state index is 0.134. The van der Waals surface area contributed by atoms with Crippen LogP contribution in [0.3, 0.4) is 0 Å². The zero-order valence-electron chi connectivity index (χ0n) is 14.1. The minimum atomic E-state index is -0.942. The summed E-state index contributed by atoms with van der Waals surface area (Å²) in [7, 11) is 0. The molecule has 0 aliphatic carbocycles. The second-order valence-electron chi connectivity index (χ2n) is 6.29. The Balaban J connectivity index is 1.73. The van der Waals surface area contributed by atoms with E-state index < -0.39 is 5.60 Å². The Hall–Kier alpha value is -1.74. The zero-order valence-corrected chi connectivity index (χ0v) is 15.0. The van der Waals surface area contributed by atoms with E-state index in [1.165, 1.54) is 16.5 Å². The molecule has 3 N–H and O–H groups in total. The predicted molar refractivity (Wildman–Crippen MR) is 94.0 cm³/mol. The van der Waals surface area contributed by atoms with Crippen LogP contribution in [0.5, 0.6) is 0 Å². The van der Waals surface area contributed by atoms with Gasteiger partial charge in [0.2, 0.25) is 0 Å². The van der Waals surface area contributed by atoms with Crippen LogP contribution < -0.4 is 5.84 Å². The molecular formula is C16H23N5O2S. The molecule has 0 spiro atoms. The fraction of sp³-hybridized carbons (Fsp3) is 0.500. The van der Waals surface area contributed by atoms with Crippen molar-refractivity contribution in [2.45, 2.75) is 32.5 Å². The Bertz CT molecular complexity index is 689. The standard InChI is InChI=1S/C16H23N5O2S/c1-4-11-5-6-14(19-21(11)17)20-7-8-23-12(9-20)15-18-13(10-24-15)16(2,3)22/h4-6,10,12,22H,7-9,17H2,1-3H3/b11-4+. The van der Waals surface area contributed by atoms with Crippen LogP contribution in [0.2, 0.25) is 0 Å². The third-order valence-electron chi connectivity index (χ3n) is 3.99. The maximum Gasteiger partial charge on any atom is 0.150 e. The van der Waals surface area contributed by atoms with Crippen LogP contribution in [-0.2, 0) is 10.3 Å². The smallest absolute Gasteiger partial charge is 0.150 e. The highest BCUT2D eigenvalue weighted by Crippen LogP contribution is 2.29. The number of hydrogen-bond donors (Lipinski definition) is 2. The lowest BCUT2D eigenvalue weighted by molar-refractivity contribution is -0.00777. The predicted octanol–water partition coefficient (Wildman–Crippen LogP) is 1.71. The van der Waals surface area contributed by atoms with Gasteiger partial charge < -0.3 is 14.7 Å². The third kappa shape index (κ3) is 3.51. The molecule has 1 aromatic rings. The van der Waals surface area contributed by atoms with E-state index in [0.29, 0.717) is 18.8 Å². The highest BCUT2D eigenvalue weighted by molar-refractivity contribution is 7.09. The molecule has 0 amide bonds. The topological polar surface area (TPSA) is 87.2 Å². The van der Waals surface area contributed by atoms with Gasteiger partial charge in [-0.3, -0.25) is 0 Å². The summed E-state index contributed by atoms with van der Waals surface area (Å²) in [4.78, 5) is 6.68. The van der Waals surface area contributed by atoms with Gasteiger partial charge in [0.25, 0.3) is 0 Å². The lowest BCUT2D eigenvalue weighted by Gasteiger charge is -2.34. The van der Waals surface area contributed by atoms with E-state index >= 15 is 0 Å². The number of aliphatic hydroxyl groups is 1. The summed E-state index contributed by atoms with van der Waals surface area (Å²) < 4.78 is 5.87. The lowest BCUT2D eigenvalue weighted by Crippen LogP contribution is -2.44. The van der Waals surface area contributed by atoms with Crippen molar-refractivity contribution in [1.82, 2.24) is 15.0 Å². The first-order valence-corrected chi connectivity index (χ1v) is 8.79. The summed E-state index contributed by atoms with van der Waals surface area (Å²) in [5, 5.41) is 18.6. The average Bonchev–Trinajstić information content (AvgIpc) is 3.05. The molecule has 2 aliphatic rings. The van der Waals surface area contributed by atoms with Crippen molar-refractivity contribution in [1.29, 1.82) is 0 Å². The Morgan fingerprint density at radius 2 is 2.25 bits per heavy atom. The highest BCUT2D eigenvalue weighted by atomic mass is 32.1. The summed E-state index contributed by atoms with van der Waals surface area (Å²) in [6.45, 7) is 7.39. The molecule has 1 saturated heterocycles. The molecule has 1 atom stereocenters. The second-order valence-corrected chi connectivity index (χ2v) is 7.17. The first kappa shape index (κ1) is 17.1. The van der Waals surface area contributed by atoms with E-state index in [9.17, 15) is 5.11 Å². The molecule has 0 radical (unpaired) electrons. The van der Waals surface area contributed by atoms with E-state index in [0.717, 1.165) is 23.1 Å². The van der Waals surface area contributed by atoms with E-state index in [1.54, 1.807) is 13.8 Å². The lowest BCUT2D eigenvalue weighted by atomic mass is 10.1. The van der Waals surface area contributed by atoms with Crippen LogP contribution in [0.15, 0.2) is 34.4 Å². The van der Waals surface area contributed by atoms with Gasteiger partial charge in [0.15, 0.2) is 5.84 Å². The van der Waals surface area contributed by atoms with Crippen molar-refractivity contribution in [2.75, 3.05) is 19.7 Å². The fourth-order valence-electron chi connectivity index (χ4n) is 2.56. The molecule has 1 unspecified atom stereocenters. The minimum Gasteiger partial charge on any atom is -0.384 e. The monoisotopic (exact) mass is 349 g/mol. The number of nitrogens with two attached hydrogens (primary N) is 1. The van der Waals surface area contributed by atoms with Gasteiger partial charge >= 0.3 is 0 Å². The van der Waals surface area contributed by atoms with Gasteiger partial charge in [-0.25, -0.2) is 10.8 Å². The first-order valence-electron chi connectivity index (χ1n) is 7.91. The second kappa shape index (κ2) is 6.64. The van der Waals surface area contributed by atoms with Crippen LogP contribution in [0, 0.1) is 0 Å². The molecule has 24 heavy (non-hydrogen) atoms. The number of rotatable bonds is 2. The average molecular weight is 349 g/mol. The number of hydrazine groups is 1. The number of hydrogen-bond acceptors (Lipinski definition) is 8. The molecule has 0 aromatic carbocycles. The Morgan fingerprint density at radius 1 is 1.46 bits per heavy atom. The Labute approximate surface area is 145 Å². The van der Waals surface area contributed by atoms with Gasteiger partial charge in [-0.2, -0.15) is 5.12 Å². The van der Waals surface area contributed by atoms with Gasteiger partial charge in [0.1, 0.15) is 16.7 Å². The number of ether oxygens (including phenoxy) is 1. The summed E-state index contributed by atoms with van der Waals surface area (Å²) >= 11 is 1.51. The van der Waals surface area contributed by atoms with Crippen LogP contribution in [-0.4, -0.2) is 45.6 Å². The molecular weight excluding hydrogens is 326 g/mol. The van der Waals surface area contributed by atoms with Gasteiger partial charge in [-0.05, 0) is 32.9 Å².